The molecular weight excluding hydrogens is 315 g/mol. The number of hydrogen-bond donors (Lipinski definition) is 5. The van der Waals surface area contributed by atoms with Gasteiger partial charge in [-0.3, -0.25) is 9.59 Å². The number of nitrogens with two attached hydrogens (primary N) is 1. The Morgan fingerprint density at radius 2 is 1.83 bits per heavy atom. The van der Waals surface area contributed by atoms with Gasteiger partial charge in [0, 0.05) is 18.4 Å². The van der Waals surface area contributed by atoms with Gasteiger partial charge >= 0.3 is 6.03 Å². The van der Waals surface area contributed by atoms with Crippen molar-refractivity contribution < 1.29 is 14.4 Å². The van der Waals surface area contributed by atoms with Gasteiger partial charge in [0.1, 0.15) is 0 Å². The van der Waals surface area contributed by atoms with Crippen LogP contribution in [-0.4, -0.2) is 37.2 Å². The molecule has 23 heavy (non-hydrogen) atoms. The predicted molar refractivity (Wildman–Crippen MR) is 96.9 cm³/mol. The van der Waals surface area contributed by atoms with Crippen molar-refractivity contribution >= 4 is 37.2 Å². The standard InChI is InChI=1S/C14H29BN4O3S/c1-9(15-19-13(22)23)11(20)17-8-6-5-7-10(14(2,3)4)18-12(16)21/h9-10,15H,5-8H2,1-4H3,(H,17,20)(H3,16,18,21)(H2,19,22,23). The quantitative estimate of drug-likeness (QED) is 0.246. The van der Waals surface area contributed by atoms with E-state index in [4.69, 9.17) is 5.73 Å². The fraction of sp³-hybridized carbons (Fsp3) is 0.786. The number of amides is 4. The van der Waals surface area contributed by atoms with Crippen LogP contribution in [0.1, 0.15) is 47.0 Å². The summed E-state index contributed by atoms with van der Waals surface area (Å²) in [6, 6.07) is -0.515. The highest BCUT2D eigenvalue weighted by molar-refractivity contribution is 7.96. The first-order valence-corrected chi connectivity index (χ1v) is 8.29. The lowest BCUT2D eigenvalue weighted by molar-refractivity contribution is -0.120. The van der Waals surface area contributed by atoms with E-state index in [9.17, 15) is 14.4 Å². The smallest absolute Gasteiger partial charge is 0.312 e. The van der Waals surface area contributed by atoms with Gasteiger partial charge in [-0.15, -0.1) is 0 Å². The van der Waals surface area contributed by atoms with Crippen LogP contribution in [0.5, 0.6) is 0 Å². The van der Waals surface area contributed by atoms with Gasteiger partial charge in [-0.2, -0.15) is 0 Å². The topological polar surface area (TPSA) is 113 Å². The first-order valence-electron chi connectivity index (χ1n) is 7.84. The molecule has 0 aromatic heterocycles. The molecule has 0 radical (unpaired) electrons. The van der Waals surface area contributed by atoms with E-state index in [1.807, 2.05) is 20.8 Å². The Hall–Kier alpha value is -1.38. The van der Waals surface area contributed by atoms with E-state index in [1.165, 1.54) is 0 Å². The Bertz CT molecular complexity index is 415. The third-order valence-corrected chi connectivity index (χ3v) is 3.75. The van der Waals surface area contributed by atoms with Crippen LogP contribution in [0.4, 0.5) is 9.59 Å². The molecule has 9 heteroatoms. The molecule has 7 nitrogen and oxygen atoms in total. The average Bonchev–Trinajstić information content (AvgIpc) is 2.41. The fourth-order valence-electron chi connectivity index (χ4n) is 2.09. The van der Waals surface area contributed by atoms with E-state index in [2.05, 4.69) is 28.5 Å². The number of thiol groups is 1. The van der Waals surface area contributed by atoms with E-state index in [-0.39, 0.29) is 30.6 Å². The molecule has 0 aliphatic heterocycles. The summed E-state index contributed by atoms with van der Waals surface area (Å²) in [4.78, 5) is 33.5. The minimum atomic E-state index is -0.515. The Morgan fingerprint density at radius 3 is 2.30 bits per heavy atom. The van der Waals surface area contributed by atoms with Gasteiger partial charge in [0.25, 0.3) is 5.24 Å². The van der Waals surface area contributed by atoms with E-state index >= 15 is 0 Å². The van der Waals surface area contributed by atoms with Crippen molar-refractivity contribution in [3.8, 4) is 0 Å². The number of unbranched alkanes of at least 4 members (excludes halogenated alkanes) is 1. The third kappa shape index (κ3) is 10.9. The maximum atomic E-state index is 11.8. The normalized spacial score (nSPS) is 13.6. The summed E-state index contributed by atoms with van der Waals surface area (Å²) in [6.07, 6.45) is 2.47. The zero-order chi connectivity index (χ0) is 18.0. The number of hydrogen-bond acceptors (Lipinski definition) is 3. The Labute approximate surface area is 144 Å². The van der Waals surface area contributed by atoms with Crippen LogP contribution in [0.25, 0.3) is 0 Å². The monoisotopic (exact) mass is 344 g/mol. The molecular formula is C14H29BN4O3S. The molecule has 0 aromatic carbocycles. The zero-order valence-electron chi connectivity index (χ0n) is 14.4. The van der Waals surface area contributed by atoms with Gasteiger partial charge in [-0.05, 0) is 24.7 Å². The molecule has 132 valence electrons. The number of carbonyl (C=O) groups is 3. The molecule has 0 saturated carbocycles. The summed E-state index contributed by atoms with van der Waals surface area (Å²) in [6.45, 7) is 8.45. The number of rotatable bonds is 9. The molecule has 0 heterocycles. The molecule has 0 bridgehead atoms. The lowest BCUT2D eigenvalue weighted by Gasteiger charge is -2.31. The van der Waals surface area contributed by atoms with Crippen molar-refractivity contribution in [3.63, 3.8) is 0 Å². The maximum Gasteiger partial charge on any atom is 0.312 e. The van der Waals surface area contributed by atoms with Crippen molar-refractivity contribution in [2.75, 3.05) is 6.54 Å². The van der Waals surface area contributed by atoms with Crippen molar-refractivity contribution in [1.29, 1.82) is 0 Å². The summed E-state index contributed by atoms with van der Waals surface area (Å²) in [5.74, 6) is -0.403. The summed E-state index contributed by atoms with van der Waals surface area (Å²) in [5, 5.41) is 7.65. The van der Waals surface area contributed by atoms with E-state index in [1.54, 1.807) is 6.92 Å². The van der Waals surface area contributed by atoms with Gasteiger partial charge in [0.05, 0.1) is 0 Å². The summed E-state index contributed by atoms with van der Waals surface area (Å²) >= 11 is 3.58. The largest absolute Gasteiger partial charge is 0.393 e. The second-order valence-electron chi connectivity index (χ2n) is 6.80. The lowest BCUT2D eigenvalue weighted by Crippen LogP contribution is -2.46. The molecule has 0 aromatic rings. The number of urea groups is 1. The van der Waals surface area contributed by atoms with Crippen LogP contribution in [0, 0.1) is 5.41 Å². The molecule has 0 aliphatic rings. The van der Waals surface area contributed by atoms with Crippen LogP contribution >= 0.6 is 12.6 Å². The third-order valence-electron chi connectivity index (χ3n) is 3.59. The van der Waals surface area contributed by atoms with Gasteiger partial charge in [-0.1, -0.05) is 40.3 Å². The van der Waals surface area contributed by atoms with Gasteiger partial charge in [-0.25, -0.2) is 4.79 Å². The molecule has 0 spiro atoms. The molecule has 5 N–H and O–H groups in total. The number of primary amides is 1. The van der Waals surface area contributed by atoms with Crippen LogP contribution in [0.3, 0.4) is 0 Å². The van der Waals surface area contributed by atoms with Crippen LogP contribution in [-0.2, 0) is 4.79 Å². The Balaban J connectivity index is 3.99. The van der Waals surface area contributed by atoms with Crippen LogP contribution in [0.2, 0.25) is 5.82 Å². The van der Waals surface area contributed by atoms with E-state index < -0.39 is 11.3 Å². The maximum absolute atomic E-state index is 11.8. The lowest BCUT2D eigenvalue weighted by atomic mass is 9.76. The molecule has 0 fully saturated rings. The summed E-state index contributed by atoms with van der Waals surface area (Å²) in [5.41, 5.74) is 5.13. The molecule has 4 amide bonds. The van der Waals surface area contributed by atoms with E-state index in [0.29, 0.717) is 6.54 Å². The van der Waals surface area contributed by atoms with Crippen molar-refractivity contribution in [2.45, 2.75) is 58.8 Å². The first-order chi connectivity index (χ1) is 10.5. The van der Waals surface area contributed by atoms with Gasteiger partial charge < -0.3 is 21.6 Å². The molecule has 2 atom stereocenters. The summed E-state index contributed by atoms with van der Waals surface area (Å²) in [7, 11) is 0.267. The zero-order valence-corrected chi connectivity index (χ0v) is 15.3. The minimum Gasteiger partial charge on any atom is -0.393 e. The second kappa shape index (κ2) is 10.4. The Kier molecular flexibility index (Phi) is 9.79. The SMILES string of the molecule is CC(BNC(=O)S)C(=O)NCCCCC(NC(N)=O)C(C)(C)C. The average molecular weight is 344 g/mol. The van der Waals surface area contributed by atoms with Crippen LogP contribution < -0.4 is 21.6 Å². The minimum absolute atomic E-state index is 0.000208. The van der Waals surface area contributed by atoms with Crippen molar-refractivity contribution in [2.24, 2.45) is 11.1 Å². The molecule has 0 saturated heterocycles. The molecule has 2 unspecified atom stereocenters. The molecule has 0 rings (SSSR count). The second-order valence-corrected chi connectivity index (χ2v) is 7.21. The fourth-order valence-corrected chi connectivity index (χ4v) is 2.18. The summed E-state index contributed by atoms with van der Waals surface area (Å²) < 4.78 is 0. The predicted octanol–water partition coefficient (Wildman–Crippen LogP) is 1.16. The first kappa shape index (κ1) is 21.6. The number of nitrogens with one attached hydrogen (secondary N) is 3. The Morgan fingerprint density at radius 1 is 1.22 bits per heavy atom. The van der Waals surface area contributed by atoms with Gasteiger partial charge in [0.2, 0.25) is 13.3 Å². The van der Waals surface area contributed by atoms with Crippen molar-refractivity contribution in [3.05, 3.63) is 0 Å². The number of carbonyl (C=O) groups excluding carboxylic acids is 3. The highest BCUT2D eigenvalue weighted by atomic mass is 32.1. The highest BCUT2D eigenvalue weighted by Gasteiger charge is 2.25. The van der Waals surface area contributed by atoms with Crippen molar-refractivity contribution in [1.82, 2.24) is 15.9 Å². The van der Waals surface area contributed by atoms with Gasteiger partial charge in [0.15, 0.2) is 0 Å². The van der Waals surface area contributed by atoms with E-state index in [0.717, 1.165) is 19.3 Å². The molecule has 0 aliphatic carbocycles. The highest BCUT2D eigenvalue weighted by Crippen LogP contribution is 2.23. The van der Waals surface area contributed by atoms with Crippen LogP contribution in [0.15, 0.2) is 0 Å².